The van der Waals surface area contributed by atoms with Gasteiger partial charge in [0.05, 0.1) is 31.0 Å². The lowest BCUT2D eigenvalue weighted by Gasteiger charge is -2.55. The monoisotopic (exact) mass is 801 g/mol. The number of aliphatic hydroxyl groups is 1. The van der Waals surface area contributed by atoms with E-state index in [1.165, 1.54) is 57.8 Å². The molecule has 3 fully saturated rings. The molecule has 5 aliphatic rings. The third-order valence-corrected chi connectivity index (χ3v) is 13.2. The van der Waals surface area contributed by atoms with Crippen LogP contribution in [0.4, 0.5) is 0 Å². The van der Waals surface area contributed by atoms with Gasteiger partial charge in [0.15, 0.2) is 11.7 Å². The molecule has 5 rings (SSSR count). The van der Waals surface area contributed by atoms with Crippen molar-refractivity contribution in [2.24, 2.45) is 22.4 Å². The minimum absolute atomic E-state index is 0.0307. The highest BCUT2D eigenvalue weighted by Gasteiger charge is 2.62. The first-order valence-electron chi connectivity index (χ1n) is 23.4. The molecule has 12 nitrogen and oxygen atoms in total. The molecule has 0 saturated carbocycles. The zero-order valence-electron chi connectivity index (χ0n) is 35.8. The number of carbonyl (C=O) groups excluding carboxylic acids is 2. The van der Waals surface area contributed by atoms with Crippen LogP contribution in [0.2, 0.25) is 0 Å². The summed E-state index contributed by atoms with van der Waals surface area (Å²) in [4.78, 5) is 36.3. The molecule has 6 N–H and O–H groups in total. The number of carbonyl (C=O) groups is 2. The quantitative estimate of drug-likeness (QED) is 0.0438. The maximum absolute atomic E-state index is 14.0. The minimum atomic E-state index is -0.886. The van der Waals surface area contributed by atoms with Gasteiger partial charge >= 0.3 is 5.97 Å². The largest absolute Gasteiger partial charge is 0.465 e. The lowest BCUT2D eigenvalue weighted by Crippen LogP contribution is -2.71. The van der Waals surface area contributed by atoms with Crippen molar-refractivity contribution in [1.29, 1.82) is 0 Å². The summed E-state index contributed by atoms with van der Waals surface area (Å²) in [5.74, 6) is 0.440. The van der Waals surface area contributed by atoms with Gasteiger partial charge in [-0.05, 0) is 97.1 Å². The summed E-state index contributed by atoms with van der Waals surface area (Å²) >= 11 is 0. The smallest absolute Gasteiger partial charge is 0.316 e. The number of aliphatic imine (C=N–C) groups is 1. The number of hydrogen-bond acceptors (Lipinski definition) is 11. The van der Waals surface area contributed by atoms with Crippen molar-refractivity contribution < 1.29 is 28.9 Å². The van der Waals surface area contributed by atoms with Gasteiger partial charge in [-0.2, -0.15) is 0 Å². The summed E-state index contributed by atoms with van der Waals surface area (Å²) in [5.41, 5.74) is 9.88. The van der Waals surface area contributed by atoms with Gasteiger partial charge in [0.25, 0.3) is 0 Å². The van der Waals surface area contributed by atoms with Gasteiger partial charge in [0.2, 0.25) is 5.91 Å². The number of esters is 1. The van der Waals surface area contributed by atoms with Crippen LogP contribution in [0.15, 0.2) is 17.1 Å². The molecule has 0 aromatic carbocycles. The van der Waals surface area contributed by atoms with Gasteiger partial charge in [-0.1, -0.05) is 89.7 Å². The first kappa shape index (κ1) is 45.8. The molecule has 0 aliphatic carbocycles. The van der Waals surface area contributed by atoms with E-state index in [9.17, 15) is 14.7 Å². The minimum Gasteiger partial charge on any atom is -0.465 e. The Morgan fingerprint density at radius 2 is 1.67 bits per heavy atom. The molecule has 1 unspecified atom stereocenters. The second kappa shape index (κ2) is 23.5. The molecule has 5 aliphatic heterocycles. The number of amides is 1. The molecule has 8 atom stereocenters. The molecule has 2 spiro atoms. The number of allylic oxidation sites excluding steroid dienone is 1. The third-order valence-electron chi connectivity index (χ3n) is 13.2. The Morgan fingerprint density at radius 3 is 2.33 bits per heavy atom. The fourth-order valence-electron chi connectivity index (χ4n) is 10.2. The fourth-order valence-corrected chi connectivity index (χ4v) is 10.2. The molecule has 0 aromatic heterocycles. The molecular weight excluding hydrogens is 721 g/mol. The lowest BCUT2D eigenvalue weighted by molar-refractivity contribution is -0.194. The molecule has 5 heterocycles. The van der Waals surface area contributed by atoms with Crippen LogP contribution in [-0.2, 0) is 23.8 Å². The van der Waals surface area contributed by atoms with E-state index in [1.807, 2.05) is 0 Å². The van der Waals surface area contributed by atoms with Crippen LogP contribution in [-0.4, -0.2) is 107 Å². The molecule has 326 valence electrons. The summed E-state index contributed by atoms with van der Waals surface area (Å²) in [6.07, 6.45) is 29.4. The molecule has 1 amide bonds. The van der Waals surface area contributed by atoms with E-state index in [-0.39, 0.29) is 30.1 Å². The number of nitrogens with two attached hydrogens (primary N) is 2. The summed E-state index contributed by atoms with van der Waals surface area (Å²) < 4.78 is 19.6. The first-order valence-corrected chi connectivity index (χ1v) is 23.4. The Kier molecular flexibility index (Phi) is 18.9. The molecule has 3 saturated heterocycles. The van der Waals surface area contributed by atoms with Crippen LogP contribution in [0.25, 0.3) is 0 Å². The number of rotatable bonds is 25. The van der Waals surface area contributed by atoms with Crippen LogP contribution >= 0.6 is 0 Å². The maximum Gasteiger partial charge on any atom is 0.316 e. The highest BCUT2D eigenvalue weighted by Crippen LogP contribution is 2.50. The third kappa shape index (κ3) is 13.1. The Balaban J connectivity index is 0.943. The number of hydrogen-bond donors (Lipinski definition) is 4. The van der Waals surface area contributed by atoms with E-state index >= 15 is 0 Å². The number of ether oxygens (including phenoxy) is 3. The van der Waals surface area contributed by atoms with E-state index in [1.54, 1.807) is 4.90 Å². The van der Waals surface area contributed by atoms with E-state index in [4.69, 9.17) is 30.7 Å². The second-order valence-corrected chi connectivity index (χ2v) is 17.9. The first-order chi connectivity index (χ1) is 27.7. The fraction of sp³-hybridized carbons (Fsp3) is 0.889. The molecular formula is C45H80N6O6. The van der Waals surface area contributed by atoms with Crippen molar-refractivity contribution in [1.82, 2.24) is 15.1 Å². The van der Waals surface area contributed by atoms with Crippen LogP contribution in [0.1, 0.15) is 174 Å². The van der Waals surface area contributed by atoms with E-state index in [2.05, 4.69) is 36.2 Å². The Hall–Kier alpha value is -2.25. The van der Waals surface area contributed by atoms with Crippen molar-refractivity contribution in [3.05, 3.63) is 12.2 Å². The average Bonchev–Trinajstić information content (AvgIpc) is 3.49. The van der Waals surface area contributed by atoms with Gasteiger partial charge in [0.1, 0.15) is 11.6 Å². The molecule has 0 radical (unpaired) electrons. The van der Waals surface area contributed by atoms with Gasteiger partial charge < -0.3 is 45.9 Å². The van der Waals surface area contributed by atoms with Crippen LogP contribution in [0, 0.1) is 5.92 Å². The van der Waals surface area contributed by atoms with Gasteiger partial charge in [-0.25, -0.2) is 4.99 Å². The highest BCUT2D eigenvalue weighted by atomic mass is 16.6. The summed E-state index contributed by atoms with van der Waals surface area (Å²) in [5, 5.41) is 13.9. The number of guanidine groups is 1. The van der Waals surface area contributed by atoms with E-state index in [0.717, 1.165) is 95.9 Å². The van der Waals surface area contributed by atoms with Crippen LogP contribution < -0.4 is 16.8 Å². The standard InChI is InChI=1S/C45H80N6O6/c1-3-38-22-16-17-27-44(57-38)33-36-24-25-39-41(45(28-19-21-35(2)56-45)49-43(48-44)51(36)39)42(54)55-32-18-14-12-10-8-6-4-5-7-9-11-13-15-23-40(53)50(31-20-29-46)34-37(52)26-30-47/h16,22,35-39,41,52H,3-15,17-21,23-34,46-47H2,1-2H3,(H,48,49)/t35-,36+,37+,38+,39?,41-,44+,45-/m1/s1. The van der Waals surface area contributed by atoms with Gasteiger partial charge in [0, 0.05) is 32.0 Å². The molecule has 0 bridgehead atoms. The van der Waals surface area contributed by atoms with Crippen LogP contribution in [0.3, 0.4) is 0 Å². The summed E-state index contributed by atoms with van der Waals surface area (Å²) in [6, 6.07) is 0.328. The SMILES string of the molecule is CC[C@H]1C=CCC[C@@]2(C[C@@H]3CCC4[C@H](C(=O)OCCCCCCCCCCCCCCCC(=O)N(CCCN)C[C@@H](O)CCN)[C@]5(CCC[C@@H](C)O5)N=C(N2)N43)O1. The highest BCUT2D eigenvalue weighted by molar-refractivity contribution is 5.87. The zero-order chi connectivity index (χ0) is 40.5. The normalized spacial score (nSPS) is 29.8. The van der Waals surface area contributed by atoms with Crippen molar-refractivity contribution in [3.63, 3.8) is 0 Å². The molecule has 12 heteroatoms. The number of nitrogens with one attached hydrogen (secondary N) is 1. The van der Waals surface area contributed by atoms with E-state index in [0.29, 0.717) is 51.7 Å². The van der Waals surface area contributed by atoms with Gasteiger partial charge in [-0.3, -0.25) is 9.59 Å². The number of aliphatic hydroxyl groups excluding tert-OH is 1. The van der Waals surface area contributed by atoms with Crippen molar-refractivity contribution >= 4 is 17.8 Å². The Morgan fingerprint density at radius 1 is 0.965 bits per heavy atom. The summed E-state index contributed by atoms with van der Waals surface area (Å²) in [6.45, 7) is 6.68. The van der Waals surface area contributed by atoms with Crippen LogP contribution in [0.5, 0.6) is 0 Å². The van der Waals surface area contributed by atoms with Crippen molar-refractivity contribution in [3.8, 4) is 0 Å². The molecule has 0 aromatic rings. The number of unbranched alkanes of at least 4 members (excludes halogenated alkanes) is 12. The van der Waals surface area contributed by atoms with E-state index < -0.39 is 23.5 Å². The molecule has 57 heavy (non-hydrogen) atoms. The number of nitrogens with zero attached hydrogens (tertiary/aromatic N) is 3. The topological polar surface area (TPSA) is 165 Å². The zero-order valence-corrected chi connectivity index (χ0v) is 35.8. The van der Waals surface area contributed by atoms with Gasteiger partial charge in [-0.15, -0.1) is 0 Å². The lowest BCUT2D eigenvalue weighted by atomic mass is 9.80. The maximum atomic E-state index is 14.0. The summed E-state index contributed by atoms with van der Waals surface area (Å²) in [7, 11) is 0. The van der Waals surface area contributed by atoms with Crippen molar-refractivity contribution in [2.45, 2.75) is 216 Å². The Labute approximate surface area is 344 Å². The predicted octanol–water partition coefficient (Wildman–Crippen LogP) is 6.82. The predicted molar refractivity (Wildman–Crippen MR) is 226 cm³/mol. The average molecular weight is 801 g/mol. The second-order valence-electron chi connectivity index (χ2n) is 17.9. The van der Waals surface area contributed by atoms with Crippen molar-refractivity contribution in [2.75, 3.05) is 32.8 Å². The Bertz CT molecular complexity index is 1280.